The van der Waals surface area contributed by atoms with E-state index in [2.05, 4.69) is 4.74 Å². The normalized spacial score (nSPS) is 11.7. The summed E-state index contributed by atoms with van der Waals surface area (Å²) >= 11 is 0. The van der Waals surface area contributed by atoms with Crippen molar-refractivity contribution in [2.75, 3.05) is 7.11 Å². The van der Waals surface area contributed by atoms with Crippen LogP contribution in [0.15, 0.2) is 18.2 Å². The van der Waals surface area contributed by atoms with E-state index in [1.54, 1.807) is 12.1 Å². The second-order valence-electron chi connectivity index (χ2n) is 3.61. The molecule has 0 N–H and O–H groups in total. The third kappa shape index (κ3) is 3.32. The zero-order chi connectivity index (χ0) is 12.3. The van der Waals surface area contributed by atoms with Crippen LogP contribution in [-0.2, 0) is 0 Å². The van der Waals surface area contributed by atoms with Gasteiger partial charge in [-0.15, -0.1) is 13.2 Å². The number of hydrogen-bond acceptors (Lipinski definition) is 2. The maximum atomic E-state index is 12.0. The fraction of sp³-hybridized carbons (Fsp3) is 0.455. The van der Waals surface area contributed by atoms with Crippen LogP contribution in [0.1, 0.15) is 25.3 Å². The summed E-state index contributed by atoms with van der Waals surface area (Å²) in [5, 5.41) is 0. The maximum absolute atomic E-state index is 12.0. The van der Waals surface area contributed by atoms with Gasteiger partial charge in [0, 0.05) is 0 Å². The largest absolute Gasteiger partial charge is 0.573 e. The molecule has 0 saturated heterocycles. The van der Waals surface area contributed by atoms with Crippen LogP contribution in [0.2, 0.25) is 0 Å². The fourth-order valence-electron chi connectivity index (χ4n) is 1.25. The topological polar surface area (TPSA) is 18.5 Å². The van der Waals surface area contributed by atoms with Crippen molar-refractivity contribution in [2.24, 2.45) is 0 Å². The van der Waals surface area contributed by atoms with E-state index in [9.17, 15) is 13.2 Å². The van der Waals surface area contributed by atoms with Gasteiger partial charge in [0.15, 0.2) is 11.5 Å². The van der Waals surface area contributed by atoms with Gasteiger partial charge in [0.25, 0.3) is 0 Å². The number of ether oxygens (including phenoxy) is 2. The van der Waals surface area contributed by atoms with E-state index in [1.165, 1.54) is 13.2 Å². The summed E-state index contributed by atoms with van der Waals surface area (Å²) in [6.45, 7) is 3.89. The molecule has 0 aliphatic rings. The van der Waals surface area contributed by atoms with Crippen LogP contribution in [0, 0.1) is 0 Å². The van der Waals surface area contributed by atoms with Gasteiger partial charge in [0.2, 0.25) is 0 Å². The van der Waals surface area contributed by atoms with Gasteiger partial charge in [-0.2, -0.15) is 0 Å². The molecule has 16 heavy (non-hydrogen) atoms. The molecule has 0 bridgehead atoms. The van der Waals surface area contributed by atoms with E-state index in [0.717, 1.165) is 5.56 Å². The van der Waals surface area contributed by atoms with Gasteiger partial charge >= 0.3 is 6.36 Å². The van der Waals surface area contributed by atoms with Crippen LogP contribution in [0.3, 0.4) is 0 Å². The first kappa shape index (κ1) is 12.7. The highest BCUT2D eigenvalue weighted by Crippen LogP contribution is 2.34. The molecule has 0 aromatic heterocycles. The Balaban J connectivity index is 3.02. The van der Waals surface area contributed by atoms with Crippen molar-refractivity contribution in [1.82, 2.24) is 0 Å². The molecule has 0 aliphatic carbocycles. The Bertz CT molecular complexity index is 359. The van der Waals surface area contributed by atoms with Crippen LogP contribution in [0.25, 0.3) is 0 Å². The average Bonchev–Trinajstić information content (AvgIpc) is 2.15. The summed E-state index contributed by atoms with van der Waals surface area (Å²) < 4.78 is 44.8. The summed E-state index contributed by atoms with van der Waals surface area (Å²) in [6, 6.07) is 4.40. The molecular formula is C11H13F3O2. The van der Waals surface area contributed by atoms with Gasteiger partial charge in [-0.1, -0.05) is 19.9 Å². The van der Waals surface area contributed by atoms with Crippen molar-refractivity contribution >= 4 is 0 Å². The summed E-state index contributed by atoms with van der Waals surface area (Å²) in [4.78, 5) is 0. The van der Waals surface area contributed by atoms with Gasteiger partial charge in [-0.25, -0.2) is 0 Å². The van der Waals surface area contributed by atoms with Crippen LogP contribution < -0.4 is 9.47 Å². The second kappa shape index (κ2) is 4.63. The van der Waals surface area contributed by atoms with Crippen molar-refractivity contribution in [2.45, 2.75) is 26.1 Å². The zero-order valence-corrected chi connectivity index (χ0v) is 9.26. The number of benzene rings is 1. The van der Waals surface area contributed by atoms with Crippen LogP contribution in [0.5, 0.6) is 11.5 Å². The maximum Gasteiger partial charge on any atom is 0.573 e. The number of methoxy groups -OCH3 is 1. The molecule has 1 aromatic carbocycles. The van der Waals surface area contributed by atoms with Gasteiger partial charge in [0.1, 0.15) is 0 Å². The summed E-state index contributed by atoms with van der Waals surface area (Å²) in [5.74, 6) is -0.0169. The molecule has 0 radical (unpaired) electrons. The highest BCUT2D eigenvalue weighted by atomic mass is 19.4. The third-order valence-electron chi connectivity index (χ3n) is 2.08. The van der Waals surface area contributed by atoms with E-state index in [1.807, 2.05) is 13.8 Å². The summed E-state index contributed by atoms with van der Waals surface area (Å²) in [6.07, 6.45) is -4.70. The van der Waals surface area contributed by atoms with Crippen molar-refractivity contribution in [3.63, 3.8) is 0 Å². The predicted molar refractivity (Wildman–Crippen MR) is 53.8 cm³/mol. The lowest BCUT2D eigenvalue weighted by Crippen LogP contribution is -2.17. The minimum atomic E-state index is -4.70. The molecule has 2 nitrogen and oxygen atoms in total. The Morgan fingerprint density at radius 1 is 1.12 bits per heavy atom. The molecule has 0 amide bonds. The van der Waals surface area contributed by atoms with E-state index < -0.39 is 6.36 Å². The minimum Gasteiger partial charge on any atom is -0.493 e. The predicted octanol–water partition coefficient (Wildman–Crippen LogP) is 3.72. The Morgan fingerprint density at radius 3 is 2.19 bits per heavy atom. The molecule has 0 aliphatic heterocycles. The minimum absolute atomic E-state index is 0.0866. The quantitative estimate of drug-likeness (QED) is 0.793. The first-order chi connectivity index (χ1) is 7.33. The van der Waals surface area contributed by atoms with Crippen molar-refractivity contribution in [3.05, 3.63) is 23.8 Å². The molecule has 5 heteroatoms. The Hall–Kier alpha value is -1.39. The average molecular weight is 234 g/mol. The van der Waals surface area contributed by atoms with Gasteiger partial charge in [0.05, 0.1) is 7.11 Å². The molecule has 1 rings (SSSR count). The van der Waals surface area contributed by atoms with Gasteiger partial charge in [-0.3, -0.25) is 0 Å². The van der Waals surface area contributed by atoms with Crippen molar-refractivity contribution < 1.29 is 22.6 Å². The molecule has 90 valence electrons. The monoisotopic (exact) mass is 234 g/mol. The van der Waals surface area contributed by atoms with Crippen LogP contribution in [-0.4, -0.2) is 13.5 Å². The van der Waals surface area contributed by atoms with Crippen LogP contribution in [0.4, 0.5) is 13.2 Å². The van der Waals surface area contributed by atoms with Crippen molar-refractivity contribution in [1.29, 1.82) is 0 Å². The molecule has 0 atom stereocenters. The van der Waals surface area contributed by atoms with Gasteiger partial charge < -0.3 is 9.47 Å². The number of halogens is 3. The third-order valence-corrected chi connectivity index (χ3v) is 2.08. The summed E-state index contributed by atoms with van der Waals surface area (Å²) in [5.41, 5.74) is 0.895. The molecule has 0 saturated carbocycles. The van der Waals surface area contributed by atoms with Crippen molar-refractivity contribution in [3.8, 4) is 11.5 Å². The molecular weight excluding hydrogens is 221 g/mol. The Labute approximate surface area is 92.0 Å². The first-order valence-corrected chi connectivity index (χ1v) is 4.77. The lowest BCUT2D eigenvalue weighted by Gasteiger charge is -2.14. The lowest BCUT2D eigenvalue weighted by molar-refractivity contribution is -0.275. The highest BCUT2D eigenvalue weighted by Gasteiger charge is 2.32. The van der Waals surface area contributed by atoms with Crippen LogP contribution >= 0.6 is 0 Å². The Kier molecular flexibility index (Phi) is 3.67. The molecule has 0 heterocycles. The molecule has 0 spiro atoms. The van der Waals surface area contributed by atoms with E-state index in [-0.39, 0.29) is 17.4 Å². The number of alkyl halides is 3. The smallest absolute Gasteiger partial charge is 0.493 e. The van der Waals surface area contributed by atoms with E-state index in [4.69, 9.17) is 4.74 Å². The second-order valence-corrected chi connectivity index (χ2v) is 3.61. The lowest BCUT2D eigenvalue weighted by atomic mass is 10.0. The van der Waals surface area contributed by atoms with E-state index in [0.29, 0.717) is 0 Å². The number of hydrogen-bond donors (Lipinski definition) is 0. The highest BCUT2D eigenvalue weighted by molar-refractivity contribution is 5.43. The first-order valence-electron chi connectivity index (χ1n) is 4.77. The molecule has 1 aromatic rings. The molecule has 0 unspecified atom stereocenters. The van der Waals surface area contributed by atoms with E-state index >= 15 is 0 Å². The molecule has 0 fully saturated rings. The standard InChI is InChI=1S/C11H13F3O2/c1-7(2)8-4-5-9(10(6-8)15-3)16-11(12,13)14/h4-7H,1-3H3. The summed E-state index contributed by atoms with van der Waals surface area (Å²) in [7, 11) is 1.31. The number of rotatable bonds is 3. The zero-order valence-electron chi connectivity index (χ0n) is 9.26. The fourth-order valence-corrected chi connectivity index (χ4v) is 1.25. The Morgan fingerprint density at radius 2 is 1.75 bits per heavy atom. The SMILES string of the molecule is COc1cc(C(C)C)ccc1OC(F)(F)F. The van der Waals surface area contributed by atoms with Gasteiger partial charge in [-0.05, 0) is 23.6 Å².